The summed E-state index contributed by atoms with van der Waals surface area (Å²) in [7, 11) is 0. The zero-order valence-corrected chi connectivity index (χ0v) is 21.9. The Hall–Kier alpha value is -1.16. The van der Waals surface area contributed by atoms with Crippen LogP contribution in [0.25, 0.3) is 0 Å². The van der Waals surface area contributed by atoms with Crippen LogP contribution in [0.1, 0.15) is 121 Å². The van der Waals surface area contributed by atoms with Gasteiger partial charge in [-0.15, -0.1) is 0 Å². The van der Waals surface area contributed by atoms with Crippen molar-refractivity contribution >= 4 is 0 Å². The maximum absolute atomic E-state index is 6.12. The molecule has 3 aliphatic carbocycles. The highest BCUT2D eigenvalue weighted by Crippen LogP contribution is 2.59. The number of hydrogen-bond acceptors (Lipinski definition) is 3. The van der Waals surface area contributed by atoms with Crippen molar-refractivity contribution < 1.29 is 14.2 Å². The molecular formula is C31H48O3. The van der Waals surface area contributed by atoms with Gasteiger partial charge in [0.2, 0.25) is 0 Å². The van der Waals surface area contributed by atoms with Gasteiger partial charge in [-0.2, -0.15) is 0 Å². The minimum Gasteiger partial charge on any atom is -0.366 e. The van der Waals surface area contributed by atoms with E-state index in [4.69, 9.17) is 14.2 Å². The van der Waals surface area contributed by atoms with Crippen molar-refractivity contribution in [2.75, 3.05) is 19.8 Å². The highest BCUT2D eigenvalue weighted by Gasteiger charge is 2.48. The molecular weight excluding hydrogens is 420 g/mol. The topological polar surface area (TPSA) is 27.7 Å². The first-order valence-electron chi connectivity index (χ1n) is 14.3. The molecule has 4 aliphatic rings. The van der Waals surface area contributed by atoms with E-state index in [9.17, 15) is 0 Å². The summed E-state index contributed by atoms with van der Waals surface area (Å²) in [6.45, 7) is 6.22. The Morgan fingerprint density at radius 2 is 1.53 bits per heavy atom. The molecule has 1 aromatic carbocycles. The lowest BCUT2D eigenvalue weighted by molar-refractivity contribution is -0.232. The fourth-order valence-corrected chi connectivity index (χ4v) is 6.51. The molecule has 2 bridgehead atoms. The monoisotopic (exact) mass is 468 g/mol. The number of hydrogen-bond donors (Lipinski definition) is 0. The number of allylic oxidation sites excluding steroid dienone is 1. The molecule has 2 atom stereocenters. The van der Waals surface area contributed by atoms with Gasteiger partial charge < -0.3 is 14.2 Å². The second-order valence-corrected chi connectivity index (χ2v) is 11.2. The van der Waals surface area contributed by atoms with Crippen LogP contribution in [0.3, 0.4) is 0 Å². The summed E-state index contributed by atoms with van der Waals surface area (Å²) in [4.78, 5) is 0. The van der Waals surface area contributed by atoms with E-state index in [0.29, 0.717) is 30.7 Å². The third-order valence-corrected chi connectivity index (χ3v) is 8.99. The minimum atomic E-state index is -0.253. The maximum atomic E-state index is 6.12. The molecule has 0 aromatic heterocycles. The summed E-state index contributed by atoms with van der Waals surface area (Å²) in [5, 5.41) is 0. The molecule has 0 radical (unpaired) electrons. The second-order valence-electron chi connectivity index (χ2n) is 11.2. The normalized spacial score (nSPS) is 31.4. The zero-order chi connectivity index (χ0) is 23.7. The molecule has 5 rings (SSSR count). The Labute approximate surface area is 208 Å². The molecule has 1 aromatic rings. The van der Waals surface area contributed by atoms with Gasteiger partial charge in [0.05, 0.1) is 19.8 Å². The SMILES string of the molecule is CCCCCC=CCO[C@H]1CO[C@H](c2ccc(C34CCC(CCCCC)(CC3)CC4)cc2)CO1. The lowest BCUT2D eigenvalue weighted by Gasteiger charge is -2.54. The third kappa shape index (κ3) is 6.53. The van der Waals surface area contributed by atoms with E-state index in [2.05, 4.69) is 50.3 Å². The van der Waals surface area contributed by atoms with Gasteiger partial charge in [0, 0.05) is 0 Å². The van der Waals surface area contributed by atoms with E-state index in [1.807, 2.05) is 0 Å². The molecule has 1 saturated heterocycles. The number of rotatable bonds is 13. The van der Waals surface area contributed by atoms with Crippen LogP contribution in [-0.4, -0.2) is 26.1 Å². The molecule has 190 valence electrons. The van der Waals surface area contributed by atoms with Crippen LogP contribution < -0.4 is 0 Å². The summed E-state index contributed by atoms with van der Waals surface area (Å²) in [6.07, 6.45) is 23.2. The average Bonchev–Trinajstić information content (AvgIpc) is 2.90. The lowest BCUT2D eigenvalue weighted by atomic mass is 9.51. The molecule has 3 nitrogen and oxygen atoms in total. The molecule has 1 heterocycles. The molecule has 0 spiro atoms. The first kappa shape index (κ1) is 25.9. The van der Waals surface area contributed by atoms with Crippen LogP contribution in [0, 0.1) is 5.41 Å². The van der Waals surface area contributed by atoms with Crippen LogP contribution >= 0.6 is 0 Å². The largest absolute Gasteiger partial charge is 0.366 e. The predicted molar refractivity (Wildman–Crippen MR) is 140 cm³/mol. The van der Waals surface area contributed by atoms with Gasteiger partial charge in [0.1, 0.15) is 6.10 Å². The molecule has 3 heteroatoms. The van der Waals surface area contributed by atoms with Crippen molar-refractivity contribution in [2.45, 2.75) is 122 Å². The van der Waals surface area contributed by atoms with E-state index in [1.54, 1.807) is 5.56 Å². The van der Waals surface area contributed by atoms with Gasteiger partial charge in [-0.1, -0.05) is 82.4 Å². The fraction of sp³-hybridized carbons (Fsp3) is 0.742. The lowest BCUT2D eigenvalue weighted by Crippen LogP contribution is -2.44. The van der Waals surface area contributed by atoms with Crippen molar-refractivity contribution in [3.63, 3.8) is 0 Å². The summed E-state index contributed by atoms with van der Waals surface area (Å²) >= 11 is 0. The smallest absolute Gasteiger partial charge is 0.181 e. The molecule has 34 heavy (non-hydrogen) atoms. The second kappa shape index (κ2) is 12.7. The van der Waals surface area contributed by atoms with Crippen molar-refractivity contribution in [1.82, 2.24) is 0 Å². The number of fused-ring (bicyclic) bond motifs is 3. The Bertz CT molecular complexity index is 720. The van der Waals surface area contributed by atoms with E-state index >= 15 is 0 Å². The Kier molecular flexibility index (Phi) is 9.68. The Morgan fingerprint density at radius 1 is 0.824 bits per heavy atom. The van der Waals surface area contributed by atoms with E-state index in [0.717, 1.165) is 6.42 Å². The Morgan fingerprint density at radius 3 is 2.18 bits per heavy atom. The van der Waals surface area contributed by atoms with E-state index < -0.39 is 0 Å². The summed E-state index contributed by atoms with van der Waals surface area (Å²) in [5.74, 6) is 0. The summed E-state index contributed by atoms with van der Waals surface area (Å²) in [6, 6.07) is 9.35. The predicted octanol–water partition coefficient (Wildman–Crippen LogP) is 8.43. The first-order chi connectivity index (χ1) is 16.7. The van der Waals surface area contributed by atoms with E-state index in [1.165, 1.54) is 89.0 Å². The van der Waals surface area contributed by atoms with Crippen LogP contribution in [0.15, 0.2) is 36.4 Å². The van der Waals surface area contributed by atoms with Gasteiger partial charge >= 0.3 is 0 Å². The average molecular weight is 469 g/mol. The highest BCUT2D eigenvalue weighted by molar-refractivity contribution is 5.32. The molecule has 1 aliphatic heterocycles. The highest BCUT2D eigenvalue weighted by atomic mass is 16.7. The fourth-order valence-electron chi connectivity index (χ4n) is 6.51. The first-order valence-corrected chi connectivity index (χ1v) is 14.3. The third-order valence-electron chi connectivity index (χ3n) is 8.99. The van der Waals surface area contributed by atoms with Gasteiger partial charge in [0.25, 0.3) is 0 Å². The number of unbranched alkanes of at least 4 members (excludes halogenated alkanes) is 5. The van der Waals surface area contributed by atoms with Crippen molar-refractivity contribution in [1.29, 1.82) is 0 Å². The van der Waals surface area contributed by atoms with Gasteiger partial charge in [-0.05, 0) is 79.7 Å². The molecule has 3 saturated carbocycles. The van der Waals surface area contributed by atoms with E-state index in [-0.39, 0.29) is 12.4 Å². The van der Waals surface area contributed by atoms with Crippen LogP contribution in [-0.2, 0) is 19.6 Å². The zero-order valence-electron chi connectivity index (χ0n) is 21.9. The van der Waals surface area contributed by atoms with Crippen molar-refractivity contribution in [3.8, 4) is 0 Å². The molecule has 0 N–H and O–H groups in total. The van der Waals surface area contributed by atoms with Gasteiger partial charge in [-0.3, -0.25) is 0 Å². The molecule has 0 amide bonds. The van der Waals surface area contributed by atoms with Crippen molar-refractivity contribution in [3.05, 3.63) is 47.5 Å². The molecule has 0 unspecified atom stereocenters. The quantitative estimate of drug-likeness (QED) is 0.215. The Balaban J connectivity index is 1.21. The van der Waals surface area contributed by atoms with Crippen LogP contribution in [0.2, 0.25) is 0 Å². The standard InChI is InChI=1S/C31H48O3/c1-3-5-7-8-9-11-23-32-29-25-33-28(24-34-29)26-12-14-27(15-13-26)31-20-17-30(18-21-31,19-22-31)16-10-6-4-2/h9,11-15,28-29H,3-8,10,16-25H2,1-2H3/t28-,29+,30?,31?/m0/s1. The van der Waals surface area contributed by atoms with Gasteiger partial charge in [-0.25, -0.2) is 0 Å². The van der Waals surface area contributed by atoms with Crippen LogP contribution in [0.4, 0.5) is 0 Å². The summed E-state index contributed by atoms with van der Waals surface area (Å²) < 4.78 is 17.9. The molecule has 4 fully saturated rings. The van der Waals surface area contributed by atoms with Gasteiger partial charge in [0.15, 0.2) is 6.29 Å². The minimum absolute atomic E-state index is 0.0138. The van der Waals surface area contributed by atoms with Crippen molar-refractivity contribution in [2.24, 2.45) is 5.41 Å². The summed E-state index contributed by atoms with van der Waals surface area (Å²) in [5.41, 5.74) is 3.89. The van der Waals surface area contributed by atoms with Crippen LogP contribution in [0.5, 0.6) is 0 Å². The number of benzene rings is 1. The maximum Gasteiger partial charge on any atom is 0.181 e. The number of ether oxygens (including phenoxy) is 3.